The molecule has 1 N–H and O–H groups in total. The first-order chi connectivity index (χ1) is 7.97. The number of aliphatic carboxylic acids is 1. The van der Waals surface area contributed by atoms with Crippen molar-refractivity contribution in [3.8, 4) is 5.88 Å². The summed E-state index contributed by atoms with van der Waals surface area (Å²) in [7, 11) is 1.51. The van der Waals surface area contributed by atoms with E-state index in [0.29, 0.717) is 23.6 Å². The molecule has 0 radical (unpaired) electrons. The molecule has 0 amide bonds. The minimum atomic E-state index is -0.859. The van der Waals surface area contributed by atoms with Gasteiger partial charge < -0.3 is 9.84 Å². The lowest BCUT2D eigenvalue weighted by molar-refractivity contribution is -0.139. The normalized spacial score (nSPS) is 12.5. The molecule has 0 saturated carbocycles. The highest BCUT2D eigenvalue weighted by molar-refractivity contribution is 5.76. The summed E-state index contributed by atoms with van der Waals surface area (Å²) < 4.78 is 5.08. The number of ether oxygens (including phenoxy) is 1. The molecule has 1 aromatic heterocycles. The number of hydrogen-bond donors (Lipinski definition) is 1. The Hall–Kier alpha value is -1.65. The van der Waals surface area contributed by atoms with Crippen LogP contribution < -0.4 is 4.74 Å². The summed E-state index contributed by atoms with van der Waals surface area (Å²) in [5.41, 5.74) is 1.24. The van der Waals surface area contributed by atoms with Crippen molar-refractivity contribution in [3.05, 3.63) is 17.6 Å². The highest BCUT2D eigenvalue weighted by atomic mass is 16.5. The Kier molecular flexibility index (Phi) is 4.43. The second-order valence-corrected chi connectivity index (χ2v) is 4.41. The van der Waals surface area contributed by atoms with Gasteiger partial charge in [0.05, 0.1) is 18.7 Å². The second kappa shape index (κ2) is 5.61. The Morgan fingerprint density at radius 1 is 1.47 bits per heavy atom. The van der Waals surface area contributed by atoms with Crippen molar-refractivity contribution in [2.75, 3.05) is 7.11 Å². The number of carbonyl (C=O) groups is 1. The molecule has 1 rings (SSSR count). The van der Waals surface area contributed by atoms with Crippen LogP contribution in [0.4, 0.5) is 0 Å². The molecule has 0 bridgehead atoms. The highest BCUT2D eigenvalue weighted by Gasteiger charge is 2.25. The van der Waals surface area contributed by atoms with Gasteiger partial charge in [0.25, 0.3) is 0 Å². The first-order valence-corrected chi connectivity index (χ1v) is 5.55. The number of carboxylic acids is 1. The maximum absolute atomic E-state index is 11.3. The van der Waals surface area contributed by atoms with Crippen LogP contribution in [0.15, 0.2) is 6.33 Å². The van der Waals surface area contributed by atoms with Gasteiger partial charge in [-0.15, -0.1) is 0 Å². The van der Waals surface area contributed by atoms with E-state index in [1.54, 1.807) is 6.92 Å². The number of aromatic nitrogens is 2. The summed E-state index contributed by atoms with van der Waals surface area (Å²) in [4.78, 5) is 19.3. The molecule has 0 saturated heterocycles. The van der Waals surface area contributed by atoms with Gasteiger partial charge >= 0.3 is 5.97 Å². The lowest BCUT2D eigenvalue weighted by Crippen LogP contribution is -2.17. The van der Waals surface area contributed by atoms with Gasteiger partial charge in [-0.25, -0.2) is 9.97 Å². The fourth-order valence-electron chi connectivity index (χ4n) is 1.80. The summed E-state index contributed by atoms with van der Waals surface area (Å²) in [6.45, 7) is 5.76. The maximum atomic E-state index is 11.3. The molecular weight excluding hydrogens is 220 g/mol. The van der Waals surface area contributed by atoms with Crippen LogP contribution in [0, 0.1) is 12.8 Å². The largest absolute Gasteiger partial charge is 0.481 e. The van der Waals surface area contributed by atoms with Crippen molar-refractivity contribution in [2.45, 2.75) is 33.1 Å². The zero-order chi connectivity index (χ0) is 13.0. The van der Waals surface area contributed by atoms with Crippen molar-refractivity contribution in [1.29, 1.82) is 0 Å². The summed E-state index contributed by atoms with van der Waals surface area (Å²) in [6, 6.07) is 0. The third kappa shape index (κ3) is 3.15. The van der Waals surface area contributed by atoms with Crippen LogP contribution in [-0.2, 0) is 4.79 Å². The molecular formula is C12H18N2O3. The van der Waals surface area contributed by atoms with E-state index in [1.165, 1.54) is 13.4 Å². The summed E-state index contributed by atoms with van der Waals surface area (Å²) >= 11 is 0. The van der Waals surface area contributed by atoms with E-state index in [4.69, 9.17) is 4.74 Å². The van der Waals surface area contributed by atoms with E-state index < -0.39 is 11.9 Å². The molecule has 0 spiro atoms. The van der Waals surface area contributed by atoms with E-state index in [1.807, 2.05) is 13.8 Å². The van der Waals surface area contributed by atoms with Gasteiger partial charge in [-0.3, -0.25) is 4.79 Å². The zero-order valence-corrected chi connectivity index (χ0v) is 10.6. The third-order valence-corrected chi connectivity index (χ3v) is 2.61. The first kappa shape index (κ1) is 13.4. The molecule has 0 aliphatic rings. The molecule has 0 aromatic carbocycles. The van der Waals surface area contributed by atoms with Crippen LogP contribution in [0.1, 0.15) is 37.4 Å². The molecule has 17 heavy (non-hydrogen) atoms. The highest BCUT2D eigenvalue weighted by Crippen LogP contribution is 2.28. The van der Waals surface area contributed by atoms with Crippen molar-refractivity contribution in [2.24, 2.45) is 5.92 Å². The summed E-state index contributed by atoms with van der Waals surface area (Å²) in [6.07, 6.45) is 1.90. The molecule has 1 unspecified atom stereocenters. The molecule has 0 aliphatic heterocycles. The topological polar surface area (TPSA) is 72.3 Å². The van der Waals surface area contributed by atoms with Crippen LogP contribution in [0.2, 0.25) is 0 Å². The minimum Gasteiger partial charge on any atom is -0.481 e. The van der Waals surface area contributed by atoms with E-state index in [2.05, 4.69) is 9.97 Å². The Labute approximate surface area is 101 Å². The molecule has 5 nitrogen and oxygen atoms in total. The van der Waals surface area contributed by atoms with Gasteiger partial charge in [0.2, 0.25) is 5.88 Å². The van der Waals surface area contributed by atoms with Gasteiger partial charge in [-0.1, -0.05) is 13.8 Å². The molecule has 1 aromatic rings. The average Bonchev–Trinajstić information content (AvgIpc) is 2.26. The summed E-state index contributed by atoms with van der Waals surface area (Å²) in [5, 5.41) is 9.26. The maximum Gasteiger partial charge on any atom is 0.312 e. The van der Waals surface area contributed by atoms with Gasteiger partial charge in [-0.05, 0) is 19.3 Å². The lowest BCUT2D eigenvalue weighted by Gasteiger charge is -2.16. The van der Waals surface area contributed by atoms with Crippen LogP contribution in [0.25, 0.3) is 0 Å². The van der Waals surface area contributed by atoms with Gasteiger partial charge in [0.1, 0.15) is 6.33 Å². The van der Waals surface area contributed by atoms with Gasteiger partial charge in [0.15, 0.2) is 0 Å². The first-order valence-electron chi connectivity index (χ1n) is 5.55. The molecule has 0 aliphatic carbocycles. The number of nitrogens with zero attached hydrogens (tertiary/aromatic N) is 2. The quantitative estimate of drug-likeness (QED) is 0.849. The van der Waals surface area contributed by atoms with Crippen molar-refractivity contribution in [3.63, 3.8) is 0 Å². The Bertz CT molecular complexity index is 405. The average molecular weight is 238 g/mol. The van der Waals surface area contributed by atoms with E-state index in [-0.39, 0.29) is 5.92 Å². The number of methoxy groups -OCH3 is 1. The number of rotatable bonds is 5. The Morgan fingerprint density at radius 3 is 2.59 bits per heavy atom. The fraction of sp³-hybridized carbons (Fsp3) is 0.583. The Balaban J connectivity index is 3.14. The van der Waals surface area contributed by atoms with E-state index in [9.17, 15) is 9.90 Å². The number of hydrogen-bond acceptors (Lipinski definition) is 4. The monoisotopic (exact) mass is 238 g/mol. The van der Waals surface area contributed by atoms with Crippen LogP contribution in [0.3, 0.4) is 0 Å². The van der Waals surface area contributed by atoms with Crippen molar-refractivity contribution >= 4 is 5.97 Å². The fourth-order valence-corrected chi connectivity index (χ4v) is 1.80. The zero-order valence-electron chi connectivity index (χ0n) is 10.6. The lowest BCUT2D eigenvalue weighted by atomic mass is 9.92. The molecule has 94 valence electrons. The minimum absolute atomic E-state index is 0.288. The smallest absolute Gasteiger partial charge is 0.312 e. The number of carboxylic acid groups (broad SMARTS) is 1. The van der Waals surface area contributed by atoms with Crippen LogP contribution in [-0.4, -0.2) is 28.2 Å². The molecule has 1 heterocycles. The Morgan fingerprint density at radius 2 is 2.12 bits per heavy atom. The van der Waals surface area contributed by atoms with Crippen molar-refractivity contribution in [1.82, 2.24) is 9.97 Å². The van der Waals surface area contributed by atoms with E-state index >= 15 is 0 Å². The molecule has 5 heteroatoms. The van der Waals surface area contributed by atoms with Gasteiger partial charge in [-0.2, -0.15) is 0 Å². The summed E-state index contributed by atoms with van der Waals surface area (Å²) in [5.74, 6) is -0.740. The van der Waals surface area contributed by atoms with Crippen LogP contribution >= 0.6 is 0 Å². The third-order valence-electron chi connectivity index (χ3n) is 2.61. The predicted molar refractivity (Wildman–Crippen MR) is 63.2 cm³/mol. The van der Waals surface area contributed by atoms with Crippen molar-refractivity contribution < 1.29 is 14.6 Å². The second-order valence-electron chi connectivity index (χ2n) is 4.41. The SMILES string of the molecule is COc1ncnc(C(CC(C)C)C(=O)O)c1C. The molecule has 0 fully saturated rings. The molecule has 1 atom stereocenters. The predicted octanol–water partition coefficient (Wildman–Crippen LogP) is 2.01. The van der Waals surface area contributed by atoms with Crippen LogP contribution in [0.5, 0.6) is 5.88 Å². The van der Waals surface area contributed by atoms with E-state index in [0.717, 1.165) is 0 Å². The van der Waals surface area contributed by atoms with Gasteiger partial charge in [0, 0.05) is 5.56 Å². The standard InChI is InChI=1S/C12H18N2O3/c1-7(2)5-9(12(15)16)10-8(3)11(17-4)14-6-13-10/h6-7,9H,5H2,1-4H3,(H,15,16).